The average molecular weight is 252 g/mol. The molecule has 0 aliphatic heterocycles. The molecule has 0 rings (SSSR count). The summed E-state index contributed by atoms with van der Waals surface area (Å²) in [6.07, 6.45) is 0. The number of hydrogen-bond acceptors (Lipinski definition) is 2. The summed E-state index contributed by atoms with van der Waals surface area (Å²) in [5.41, 5.74) is 0. The molecule has 5 heteroatoms. The first-order valence-corrected chi connectivity index (χ1v) is 5.02. The minimum absolute atomic E-state index is 0. The first-order valence-electron chi connectivity index (χ1n) is 3.96. The van der Waals surface area contributed by atoms with Gasteiger partial charge < -0.3 is 9.80 Å². The van der Waals surface area contributed by atoms with E-state index in [1.165, 1.54) is 0 Å². The fraction of sp³-hybridized carbons (Fsp3) is 1.00. The fourth-order valence-corrected chi connectivity index (χ4v) is 1.01. The molecule has 0 aromatic rings. The zero-order valence-electron chi connectivity index (χ0n) is 8.89. The topological polar surface area (TPSA) is 6.48 Å². The average Bonchev–Trinajstić information content (AvgIpc) is 1.87. The molecule has 0 aromatic carbocycles. The van der Waals surface area contributed by atoms with E-state index < -0.39 is 0 Å². The molecule has 2 nitrogen and oxygen atoms in total. The van der Waals surface area contributed by atoms with Crippen molar-refractivity contribution in [3.8, 4) is 0 Å². The Balaban J connectivity index is -0.000000143. The van der Waals surface area contributed by atoms with Gasteiger partial charge in [-0.25, -0.2) is 0 Å². The van der Waals surface area contributed by atoms with Gasteiger partial charge in [0.25, 0.3) is 0 Å². The Labute approximate surface area is 98.6 Å². The van der Waals surface area contributed by atoms with Crippen LogP contribution in [-0.2, 0) is 0 Å². The van der Waals surface area contributed by atoms with Gasteiger partial charge in [-0.05, 0) is 28.2 Å². The van der Waals surface area contributed by atoms with Crippen molar-refractivity contribution in [3.05, 3.63) is 0 Å². The molecule has 0 unspecified atom stereocenters. The second kappa shape index (κ2) is 15.3. The lowest BCUT2D eigenvalue weighted by Gasteiger charge is -2.02. The largest absolute Gasteiger partial charge is 0.308 e. The van der Waals surface area contributed by atoms with E-state index in [0.717, 1.165) is 24.8 Å². The maximum absolute atomic E-state index is 5.35. The van der Waals surface area contributed by atoms with Gasteiger partial charge in [0.05, 0.1) is 0 Å². The zero-order valence-corrected chi connectivity index (χ0v) is 11.2. The predicted molar refractivity (Wildman–Crippen MR) is 65.8 cm³/mol. The van der Waals surface area contributed by atoms with Gasteiger partial charge in [0.2, 0.25) is 0 Å². The number of alkyl halides is 2. The summed E-state index contributed by atoms with van der Waals surface area (Å²) in [6, 6.07) is 0. The van der Waals surface area contributed by atoms with Gasteiger partial charge in [-0.3, -0.25) is 0 Å². The first-order chi connectivity index (χ1) is 5.54. The third-order valence-corrected chi connectivity index (χ3v) is 1.40. The van der Waals surface area contributed by atoms with Crippen LogP contribution in [0, 0.1) is 0 Å². The first kappa shape index (κ1) is 19.4. The van der Waals surface area contributed by atoms with Crippen LogP contribution in [0.3, 0.4) is 0 Å². The van der Waals surface area contributed by atoms with Crippen LogP contribution >= 0.6 is 35.6 Å². The minimum Gasteiger partial charge on any atom is -0.308 e. The van der Waals surface area contributed by atoms with E-state index in [0.29, 0.717) is 0 Å². The van der Waals surface area contributed by atoms with Gasteiger partial charge in [0, 0.05) is 24.8 Å². The molecule has 0 amide bonds. The van der Waals surface area contributed by atoms with Crippen molar-refractivity contribution in [2.75, 3.05) is 53.0 Å². The van der Waals surface area contributed by atoms with Crippen LogP contribution in [0.15, 0.2) is 0 Å². The van der Waals surface area contributed by atoms with Gasteiger partial charge in [-0.15, -0.1) is 35.6 Å². The predicted octanol–water partition coefficient (Wildman–Crippen LogP) is 2.00. The van der Waals surface area contributed by atoms with Crippen LogP contribution in [0.5, 0.6) is 0 Å². The van der Waals surface area contributed by atoms with Crippen molar-refractivity contribution >= 4 is 35.6 Å². The Morgan fingerprint density at radius 1 is 0.769 bits per heavy atom. The van der Waals surface area contributed by atoms with Crippen molar-refractivity contribution in [1.29, 1.82) is 0 Å². The van der Waals surface area contributed by atoms with E-state index >= 15 is 0 Å². The molecule has 0 radical (unpaired) electrons. The van der Waals surface area contributed by atoms with Crippen molar-refractivity contribution in [1.82, 2.24) is 9.80 Å². The van der Waals surface area contributed by atoms with Crippen LogP contribution in [0.25, 0.3) is 0 Å². The summed E-state index contributed by atoms with van der Waals surface area (Å²) in [5, 5.41) is 0. The molecule has 0 spiro atoms. The SMILES string of the molecule is CN(C)CCCl.CN(C)CCCl.Cl. The standard InChI is InChI=1S/2C4H10ClN.ClH/c2*1-6(2)4-3-5;/h2*3-4H2,1-2H3;1H. The fourth-order valence-electron chi connectivity index (χ4n) is 0.338. The van der Waals surface area contributed by atoms with E-state index in [4.69, 9.17) is 23.2 Å². The summed E-state index contributed by atoms with van der Waals surface area (Å²) in [7, 11) is 8.01. The second-order valence-electron chi connectivity index (χ2n) is 2.98. The molecule has 0 aromatic heterocycles. The Kier molecular flexibility index (Phi) is 22.8. The van der Waals surface area contributed by atoms with Gasteiger partial charge >= 0.3 is 0 Å². The van der Waals surface area contributed by atoms with Crippen LogP contribution in [0.1, 0.15) is 0 Å². The molecule has 0 saturated heterocycles. The van der Waals surface area contributed by atoms with Gasteiger partial charge in [0.1, 0.15) is 0 Å². The van der Waals surface area contributed by atoms with Crippen LogP contribution in [0.2, 0.25) is 0 Å². The van der Waals surface area contributed by atoms with Crippen LogP contribution in [0.4, 0.5) is 0 Å². The smallest absolute Gasteiger partial charge is 0.0350 e. The van der Waals surface area contributed by atoms with E-state index in [1.54, 1.807) is 0 Å². The molecule has 0 fully saturated rings. The lowest BCUT2D eigenvalue weighted by Crippen LogP contribution is -2.13. The summed E-state index contributed by atoms with van der Waals surface area (Å²) < 4.78 is 0. The third kappa shape index (κ3) is 32.3. The molecule has 0 saturated carbocycles. The highest BCUT2D eigenvalue weighted by molar-refractivity contribution is 6.18. The highest BCUT2D eigenvalue weighted by atomic mass is 35.5. The van der Waals surface area contributed by atoms with E-state index in [2.05, 4.69) is 0 Å². The summed E-state index contributed by atoms with van der Waals surface area (Å²) in [5.74, 6) is 1.46. The molecule has 13 heavy (non-hydrogen) atoms. The van der Waals surface area contributed by atoms with Gasteiger partial charge in [-0.2, -0.15) is 0 Å². The quantitative estimate of drug-likeness (QED) is 0.705. The van der Waals surface area contributed by atoms with Crippen molar-refractivity contribution in [2.24, 2.45) is 0 Å². The second-order valence-corrected chi connectivity index (χ2v) is 3.74. The summed E-state index contributed by atoms with van der Waals surface area (Å²) in [6.45, 7) is 1.95. The van der Waals surface area contributed by atoms with E-state index in [9.17, 15) is 0 Å². The molecule has 84 valence electrons. The van der Waals surface area contributed by atoms with Crippen LogP contribution < -0.4 is 0 Å². The third-order valence-electron chi connectivity index (χ3n) is 1.06. The van der Waals surface area contributed by atoms with Crippen LogP contribution in [-0.4, -0.2) is 62.8 Å². The minimum atomic E-state index is 0. The Hall–Kier alpha value is 0.790. The number of nitrogens with zero attached hydrogens (tertiary/aromatic N) is 2. The Bertz CT molecular complexity index is 69.8. The van der Waals surface area contributed by atoms with Gasteiger partial charge in [0.15, 0.2) is 0 Å². The highest BCUT2D eigenvalue weighted by Gasteiger charge is 1.81. The number of halogens is 3. The maximum Gasteiger partial charge on any atom is 0.0350 e. The lowest BCUT2D eigenvalue weighted by molar-refractivity contribution is 0.436. The highest BCUT2D eigenvalue weighted by Crippen LogP contribution is 1.76. The number of hydrogen-bond donors (Lipinski definition) is 0. The lowest BCUT2D eigenvalue weighted by atomic mass is 10.7. The summed E-state index contributed by atoms with van der Waals surface area (Å²) >= 11 is 10.7. The maximum atomic E-state index is 5.35. The molecule has 0 atom stereocenters. The Morgan fingerprint density at radius 3 is 1.00 bits per heavy atom. The Morgan fingerprint density at radius 2 is 1.00 bits per heavy atom. The molecule has 0 aliphatic carbocycles. The molecule has 0 N–H and O–H groups in total. The summed E-state index contributed by atoms with van der Waals surface area (Å²) in [4.78, 5) is 4.10. The zero-order chi connectivity index (χ0) is 9.98. The van der Waals surface area contributed by atoms with Crippen molar-refractivity contribution in [3.63, 3.8) is 0 Å². The molecule has 0 aliphatic rings. The normalized spacial score (nSPS) is 9.23. The molecular weight excluding hydrogens is 230 g/mol. The van der Waals surface area contributed by atoms with Crippen molar-refractivity contribution < 1.29 is 0 Å². The number of rotatable bonds is 4. The monoisotopic (exact) mass is 250 g/mol. The molecule has 0 bridgehead atoms. The molecular formula is C8H21Cl3N2. The van der Waals surface area contributed by atoms with Gasteiger partial charge in [-0.1, -0.05) is 0 Å². The van der Waals surface area contributed by atoms with E-state index in [-0.39, 0.29) is 12.4 Å². The van der Waals surface area contributed by atoms with Crippen molar-refractivity contribution in [2.45, 2.75) is 0 Å². The molecule has 0 heterocycles. The van der Waals surface area contributed by atoms with E-state index in [1.807, 2.05) is 38.0 Å².